The quantitative estimate of drug-likeness (QED) is 0.314. The lowest BCUT2D eigenvalue weighted by molar-refractivity contribution is -0.141. The van der Waals surface area contributed by atoms with E-state index in [1.807, 2.05) is 26.0 Å². The maximum absolute atomic E-state index is 14.5. The molecule has 4 amide bonds. The first-order valence-electron chi connectivity index (χ1n) is 18.9. The third-order valence-electron chi connectivity index (χ3n) is 11.3. The van der Waals surface area contributed by atoms with Crippen molar-refractivity contribution in [1.29, 1.82) is 0 Å². The van der Waals surface area contributed by atoms with E-state index in [0.29, 0.717) is 54.6 Å². The summed E-state index contributed by atoms with van der Waals surface area (Å²) in [4.78, 5) is 66.5. The van der Waals surface area contributed by atoms with Gasteiger partial charge in [-0.25, -0.2) is 23.2 Å². The van der Waals surface area contributed by atoms with E-state index in [-0.39, 0.29) is 31.2 Å². The van der Waals surface area contributed by atoms with Gasteiger partial charge in [0.2, 0.25) is 27.7 Å². The third-order valence-corrected chi connectivity index (χ3v) is 13.4. The smallest absolute Gasteiger partial charge is 0.408 e. The summed E-state index contributed by atoms with van der Waals surface area (Å²) in [6, 6.07) is 3.17. The van der Waals surface area contributed by atoms with E-state index in [0.717, 1.165) is 12.8 Å². The lowest BCUT2D eigenvalue weighted by atomic mass is 10.0. The van der Waals surface area contributed by atoms with Gasteiger partial charge in [-0.3, -0.25) is 19.1 Å². The predicted molar refractivity (Wildman–Crippen MR) is 199 cm³/mol. The lowest BCUT2D eigenvalue weighted by Gasteiger charge is -2.30. The molecule has 3 N–H and O–H groups in total. The first-order valence-corrected chi connectivity index (χ1v) is 20.4. The van der Waals surface area contributed by atoms with Gasteiger partial charge in [0.15, 0.2) is 0 Å². The van der Waals surface area contributed by atoms with Crippen molar-refractivity contribution >= 4 is 44.9 Å². The van der Waals surface area contributed by atoms with Crippen molar-refractivity contribution < 1.29 is 41.8 Å². The third kappa shape index (κ3) is 8.27. The number of nitrogens with zero attached hydrogens (tertiary/aromatic N) is 3. The molecule has 0 spiro atoms. The second kappa shape index (κ2) is 15.3. The number of fused-ring (bicyclic) bond motifs is 3. The highest BCUT2D eigenvalue weighted by Gasteiger charge is 2.63. The maximum atomic E-state index is 14.5. The van der Waals surface area contributed by atoms with Crippen molar-refractivity contribution in [2.24, 2.45) is 11.8 Å². The van der Waals surface area contributed by atoms with E-state index in [2.05, 4.69) is 25.3 Å². The molecule has 16 heteroatoms. The molecule has 2 aliphatic heterocycles. The summed E-state index contributed by atoms with van der Waals surface area (Å²) in [6.07, 6.45) is 6.24. The molecule has 3 heterocycles. The monoisotopic (exact) mass is 768 g/mol. The van der Waals surface area contributed by atoms with Crippen LogP contribution in [0.25, 0.3) is 11.0 Å². The van der Waals surface area contributed by atoms with Crippen molar-refractivity contribution in [1.82, 2.24) is 30.2 Å². The van der Waals surface area contributed by atoms with Crippen LogP contribution in [0.15, 0.2) is 30.4 Å². The van der Waals surface area contributed by atoms with Crippen LogP contribution in [0.3, 0.4) is 0 Å². The number of allylic oxidation sites excluding steroid dienone is 1. The summed E-state index contributed by atoms with van der Waals surface area (Å²) in [5, 5.41) is 5.64. The molecule has 1 saturated heterocycles. The molecule has 1 aromatic heterocycles. The van der Waals surface area contributed by atoms with E-state index in [4.69, 9.17) is 14.2 Å². The van der Waals surface area contributed by atoms with Crippen LogP contribution >= 0.6 is 0 Å². The molecule has 6 atom stereocenters. The van der Waals surface area contributed by atoms with E-state index >= 15 is 0 Å². The van der Waals surface area contributed by atoms with Crippen LogP contribution in [0, 0.1) is 18.8 Å². The Bertz CT molecular complexity index is 1930. The van der Waals surface area contributed by atoms with Crippen molar-refractivity contribution in [2.75, 3.05) is 13.7 Å². The van der Waals surface area contributed by atoms with E-state index in [1.54, 1.807) is 46.1 Å². The Hall–Kier alpha value is -4.47. The molecule has 294 valence electrons. The van der Waals surface area contributed by atoms with Gasteiger partial charge in [-0.15, -0.1) is 0 Å². The molecule has 54 heavy (non-hydrogen) atoms. The number of methoxy groups -OCH3 is 1. The highest BCUT2D eigenvalue weighted by Crippen LogP contribution is 2.47. The minimum Gasteiger partial charge on any atom is -0.497 e. The van der Waals surface area contributed by atoms with Gasteiger partial charge < -0.3 is 29.7 Å². The number of aryl methyl sites for hydroxylation is 1. The van der Waals surface area contributed by atoms with Gasteiger partial charge in [0.25, 0.3) is 5.91 Å². The summed E-state index contributed by atoms with van der Waals surface area (Å²) in [5.41, 5.74) is 0.151. The average Bonchev–Trinajstić information content (AvgIpc) is 4.00. The largest absolute Gasteiger partial charge is 0.497 e. The number of carbonyl (C=O) groups is 4. The number of carbonyl (C=O) groups excluding carboxylic acids is 4. The number of alkyl carbamates (subject to hydrolysis) is 1. The summed E-state index contributed by atoms with van der Waals surface area (Å²) in [6.45, 7) is 8.93. The Balaban J connectivity index is 1.31. The number of aromatic nitrogens is 2. The molecule has 15 nitrogen and oxygen atoms in total. The zero-order valence-corrected chi connectivity index (χ0v) is 32.7. The fraction of sp³-hybridized carbons (Fsp3) is 0.632. The second-order valence-electron chi connectivity index (χ2n) is 15.7. The van der Waals surface area contributed by atoms with Crippen LogP contribution in [0.1, 0.15) is 91.2 Å². The Kier molecular flexibility index (Phi) is 11.1. The van der Waals surface area contributed by atoms with Gasteiger partial charge in [0.1, 0.15) is 41.3 Å². The van der Waals surface area contributed by atoms with Crippen LogP contribution in [-0.4, -0.2) is 95.3 Å². The molecule has 4 aliphatic rings. The van der Waals surface area contributed by atoms with Crippen LogP contribution in [-0.2, 0) is 29.1 Å². The number of ether oxygens (including phenoxy) is 3. The summed E-state index contributed by atoms with van der Waals surface area (Å²) in [5.74, 6) is -1.50. The zero-order valence-electron chi connectivity index (χ0n) is 31.8. The number of benzene rings is 1. The Morgan fingerprint density at radius 2 is 1.83 bits per heavy atom. The molecule has 2 aromatic rings. The summed E-state index contributed by atoms with van der Waals surface area (Å²) in [7, 11) is -2.44. The first-order chi connectivity index (χ1) is 25.6. The standard InChI is InChI=1S/C38H52N6O9S/c1-22(2)24(4)52-36(48)41-29-13-11-9-7-8-10-12-25-20-38(25,35(47)43-54(49,50)37(5)16-17-37)42-32(45)31-19-27(21-44(31)34(29)46)53-33-23(3)39-28-15-14-26(51-6)18-30(28)40-33/h10,12,14-15,18,22,24-25,27,29,31H,7-9,11,13,16-17,19-21H2,1-6H3,(H,41,48)(H,42,45)(H,43,47)/b12-10-/t24-,25+,27+,29-,31-,38+/m0/s1. The SMILES string of the molecule is COc1ccc2nc(C)c(O[C@@H]3C[C@H]4C(=O)N[C@]5(C(=O)NS(=O)(=O)C6(C)CC6)C[C@H]5/C=C\CCCCC[C@H](NC(=O)O[C@@H](C)C(C)C)C(=O)N4C3)nc2c1. The number of rotatable bonds is 9. The normalized spacial score (nSPS) is 28.0. The average molecular weight is 769 g/mol. The topological polar surface area (TPSA) is 195 Å². The van der Waals surface area contributed by atoms with Crippen LogP contribution in [0.4, 0.5) is 4.79 Å². The van der Waals surface area contributed by atoms with Gasteiger partial charge in [0.05, 0.1) is 29.4 Å². The molecule has 0 bridgehead atoms. The van der Waals surface area contributed by atoms with Crippen molar-refractivity contribution in [3.8, 4) is 11.6 Å². The molecule has 3 fully saturated rings. The fourth-order valence-electron chi connectivity index (χ4n) is 6.93. The zero-order chi connectivity index (χ0) is 39.0. The highest BCUT2D eigenvalue weighted by atomic mass is 32.2. The molecular formula is C38H52N6O9S. The highest BCUT2D eigenvalue weighted by molar-refractivity contribution is 7.91. The van der Waals surface area contributed by atoms with Crippen LogP contribution in [0.5, 0.6) is 11.6 Å². The molecule has 2 saturated carbocycles. The molecule has 2 aliphatic carbocycles. The van der Waals surface area contributed by atoms with Gasteiger partial charge in [-0.1, -0.05) is 38.8 Å². The molecule has 1 aromatic carbocycles. The Morgan fingerprint density at radius 1 is 1.07 bits per heavy atom. The van der Waals surface area contributed by atoms with Gasteiger partial charge in [-0.2, -0.15) is 0 Å². The van der Waals surface area contributed by atoms with E-state index < -0.39 is 74.3 Å². The Labute approximate surface area is 316 Å². The number of sulfonamides is 1. The van der Waals surface area contributed by atoms with E-state index in [1.165, 1.54) is 4.90 Å². The first kappa shape index (κ1) is 39.2. The molecule has 0 unspecified atom stereocenters. The van der Waals surface area contributed by atoms with Gasteiger partial charge >= 0.3 is 6.09 Å². The van der Waals surface area contributed by atoms with Crippen molar-refractivity contribution in [3.05, 3.63) is 36.0 Å². The number of nitrogens with one attached hydrogen (secondary N) is 3. The Morgan fingerprint density at radius 3 is 2.54 bits per heavy atom. The lowest BCUT2D eigenvalue weighted by Crippen LogP contribution is -2.58. The minimum atomic E-state index is -3.99. The predicted octanol–water partition coefficient (Wildman–Crippen LogP) is 3.83. The number of amides is 4. The maximum Gasteiger partial charge on any atom is 0.408 e. The molecular weight excluding hydrogens is 717 g/mol. The fourth-order valence-corrected chi connectivity index (χ4v) is 8.24. The number of hydrogen-bond acceptors (Lipinski definition) is 11. The van der Waals surface area contributed by atoms with Crippen molar-refractivity contribution in [3.63, 3.8) is 0 Å². The van der Waals surface area contributed by atoms with Gasteiger partial charge in [-0.05, 0) is 77.3 Å². The van der Waals surface area contributed by atoms with E-state index in [9.17, 15) is 27.6 Å². The second-order valence-corrected chi connectivity index (χ2v) is 17.9. The molecule has 6 rings (SSSR count). The van der Waals surface area contributed by atoms with Crippen LogP contribution < -0.4 is 24.8 Å². The molecule has 0 radical (unpaired) electrons. The summed E-state index contributed by atoms with van der Waals surface area (Å²) >= 11 is 0. The van der Waals surface area contributed by atoms with Crippen molar-refractivity contribution in [2.45, 2.75) is 127 Å². The number of hydrogen-bond donors (Lipinski definition) is 3. The van der Waals surface area contributed by atoms with Gasteiger partial charge in [0, 0.05) is 18.4 Å². The minimum absolute atomic E-state index is 0.0287. The summed E-state index contributed by atoms with van der Waals surface area (Å²) < 4.78 is 44.8. The van der Waals surface area contributed by atoms with Crippen LogP contribution in [0.2, 0.25) is 0 Å².